The van der Waals surface area contributed by atoms with Crippen molar-refractivity contribution in [3.05, 3.63) is 35.9 Å². The molecule has 0 aromatic heterocycles. The zero-order valence-electron chi connectivity index (χ0n) is 9.54. The lowest BCUT2D eigenvalue weighted by Crippen LogP contribution is -2.27. The molecule has 0 aliphatic heterocycles. The summed E-state index contributed by atoms with van der Waals surface area (Å²) in [7, 11) is 1.54. The van der Waals surface area contributed by atoms with E-state index in [9.17, 15) is 9.59 Å². The fourth-order valence-electron chi connectivity index (χ4n) is 1.30. The van der Waals surface area contributed by atoms with E-state index in [2.05, 4.69) is 0 Å². The molecule has 0 spiro atoms. The summed E-state index contributed by atoms with van der Waals surface area (Å²) in [6.07, 6.45) is 0.860. The summed E-state index contributed by atoms with van der Waals surface area (Å²) in [5.41, 5.74) is 0.707. The first-order valence-electron chi connectivity index (χ1n) is 4.90. The van der Waals surface area contributed by atoms with Crippen LogP contribution in [0.1, 0.15) is 6.92 Å². The van der Waals surface area contributed by atoms with Crippen LogP contribution in [0.4, 0.5) is 5.69 Å². The van der Waals surface area contributed by atoms with Crippen molar-refractivity contribution < 1.29 is 19.8 Å². The first-order chi connectivity index (χ1) is 7.91. The third-order valence-corrected chi connectivity index (χ3v) is 2.22. The van der Waals surface area contributed by atoms with Crippen LogP contribution in [0.2, 0.25) is 0 Å². The van der Waals surface area contributed by atoms with Gasteiger partial charge in [-0.25, -0.2) is 4.79 Å². The molecule has 0 bridgehead atoms. The molecule has 0 radical (unpaired) electrons. The van der Waals surface area contributed by atoms with Crippen molar-refractivity contribution in [2.45, 2.75) is 6.92 Å². The number of phenolic OH excluding ortho intramolecular Hbond substituents is 1. The highest BCUT2D eigenvalue weighted by molar-refractivity contribution is 6.07. The molecule has 1 rings (SSSR count). The Balaban J connectivity index is 2.90. The topological polar surface area (TPSA) is 77.8 Å². The monoisotopic (exact) mass is 235 g/mol. The normalized spacial score (nSPS) is 11.1. The predicted molar refractivity (Wildman–Crippen MR) is 62.9 cm³/mol. The van der Waals surface area contributed by atoms with Crippen LogP contribution in [0.15, 0.2) is 35.9 Å². The number of hydrogen-bond donors (Lipinski definition) is 2. The van der Waals surface area contributed by atoms with E-state index in [1.54, 1.807) is 12.1 Å². The first-order valence-corrected chi connectivity index (χ1v) is 4.90. The highest BCUT2D eigenvalue weighted by Crippen LogP contribution is 2.18. The number of carbonyl (C=O) groups is 2. The SMILES string of the molecule is C/C(=C\C(=O)O)C(=O)N(C)c1ccc(O)cc1. The van der Waals surface area contributed by atoms with Crippen molar-refractivity contribution in [1.29, 1.82) is 0 Å². The van der Waals surface area contributed by atoms with E-state index in [0.717, 1.165) is 6.08 Å². The Kier molecular flexibility index (Phi) is 3.87. The summed E-state index contributed by atoms with van der Waals surface area (Å²) < 4.78 is 0. The second-order valence-electron chi connectivity index (χ2n) is 3.55. The molecular formula is C12H13NO4. The van der Waals surface area contributed by atoms with Gasteiger partial charge in [0.1, 0.15) is 5.75 Å². The van der Waals surface area contributed by atoms with Crippen LogP contribution in [0, 0.1) is 0 Å². The molecule has 0 fully saturated rings. The summed E-state index contributed by atoms with van der Waals surface area (Å²) in [4.78, 5) is 23.5. The second-order valence-corrected chi connectivity index (χ2v) is 3.55. The number of benzene rings is 1. The van der Waals surface area contributed by atoms with Gasteiger partial charge in [-0.05, 0) is 31.2 Å². The molecule has 1 aromatic carbocycles. The van der Waals surface area contributed by atoms with E-state index in [1.807, 2.05) is 0 Å². The second kappa shape index (κ2) is 5.16. The highest BCUT2D eigenvalue weighted by atomic mass is 16.4. The number of carbonyl (C=O) groups excluding carboxylic acids is 1. The van der Waals surface area contributed by atoms with Crippen molar-refractivity contribution in [1.82, 2.24) is 0 Å². The fraction of sp³-hybridized carbons (Fsp3) is 0.167. The number of nitrogens with zero attached hydrogens (tertiary/aromatic N) is 1. The van der Waals surface area contributed by atoms with Crippen LogP contribution in [-0.2, 0) is 9.59 Å². The molecule has 0 atom stereocenters. The number of likely N-dealkylation sites (N-methyl/N-ethyl adjacent to an activating group) is 1. The largest absolute Gasteiger partial charge is 0.508 e. The summed E-state index contributed by atoms with van der Waals surface area (Å²) in [5, 5.41) is 17.7. The summed E-state index contributed by atoms with van der Waals surface area (Å²) in [6, 6.07) is 6.05. The first kappa shape index (κ1) is 12.8. The standard InChI is InChI=1S/C12H13NO4/c1-8(7-11(15)16)12(17)13(2)9-3-5-10(14)6-4-9/h3-7,14H,1-2H3,(H,15,16)/b8-7+. The summed E-state index contributed by atoms with van der Waals surface area (Å²) in [6.45, 7) is 1.44. The lowest BCUT2D eigenvalue weighted by Gasteiger charge is -2.17. The number of rotatable bonds is 3. The third kappa shape index (κ3) is 3.34. The summed E-state index contributed by atoms with van der Waals surface area (Å²) in [5.74, 6) is -1.46. The van der Waals surface area contributed by atoms with Crippen LogP contribution < -0.4 is 4.90 Å². The Hall–Kier alpha value is -2.30. The molecule has 2 N–H and O–H groups in total. The molecule has 0 aliphatic rings. The van der Waals surface area contributed by atoms with Crippen molar-refractivity contribution in [2.24, 2.45) is 0 Å². The lowest BCUT2D eigenvalue weighted by molar-refractivity contribution is -0.131. The van der Waals surface area contributed by atoms with Crippen molar-refractivity contribution in [3.8, 4) is 5.75 Å². The molecule has 5 nitrogen and oxygen atoms in total. The van der Waals surface area contributed by atoms with E-state index in [4.69, 9.17) is 10.2 Å². The quantitative estimate of drug-likeness (QED) is 0.776. The minimum Gasteiger partial charge on any atom is -0.508 e. The van der Waals surface area contributed by atoms with Crippen molar-refractivity contribution >= 4 is 17.6 Å². The van der Waals surface area contributed by atoms with E-state index in [1.165, 1.54) is 31.0 Å². The molecule has 17 heavy (non-hydrogen) atoms. The predicted octanol–water partition coefficient (Wildman–Crippen LogP) is 1.39. The van der Waals surface area contributed by atoms with Crippen LogP contribution in [-0.4, -0.2) is 29.1 Å². The molecule has 90 valence electrons. The van der Waals surface area contributed by atoms with Crippen LogP contribution in [0.3, 0.4) is 0 Å². The van der Waals surface area contributed by atoms with E-state index in [0.29, 0.717) is 5.69 Å². The van der Waals surface area contributed by atoms with Gasteiger partial charge in [0.15, 0.2) is 0 Å². The smallest absolute Gasteiger partial charge is 0.328 e. The molecule has 0 saturated carbocycles. The van der Waals surface area contributed by atoms with E-state index in [-0.39, 0.29) is 11.3 Å². The van der Waals surface area contributed by atoms with Crippen molar-refractivity contribution in [2.75, 3.05) is 11.9 Å². The average Bonchev–Trinajstić information content (AvgIpc) is 2.27. The molecule has 0 aliphatic carbocycles. The average molecular weight is 235 g/mol. The number of aliphatic carboxylic acids is 1. The number of carboxylic acid groups (broad SMARTS) is 1. The Morgan fingerprint density at radius 1 is 1.24 bits per heavy atom. The molecule has 1 amide bonds. The van der Waals surface area contributed by atoms with E-state index >= 15 is 0 Å². The number of hydrogen-bond acceptors (Lipinski definition) is 3. The van der Waals surface area contributed by atoms with Crippen LogP contribution in [0.25, 0.3) is 0 Å². The van der Waals surface area contributed by atoms with Gasteiger partial charge in [-0.15, -0.1) is 0 Å². The number of carboxylic acids is 1. The van der Waals surface area contributed by atoms with Gasteiger partial charge in [0.25, 0.3) is 5.91 Å². The molecule has 0 unspecified atom stereocenters. The van der Waals surface area contributed by atoms with Crippen LogP contribution >= 0.6 is 0 Å². The molecule has 5 heteroatoms. The Bertz CT molecular complexity index is 462. The van der Waals surface area contributed by atoms with Gasteiger partial charge in [0.2, 0.25) is 0 Å². The minimum absolute atomic E-state index is 0.104. The minimum atomic E-state index is -1.16. The highest BCUT2D eigenvalue weighted by Gasteiger charge is 2.13. The third-order valence-electron chi connectivity index (χ3n) is 2.22. The number of amides is 1. The van der Waals surface area contributed by atoms with Gasteiger partial charge in [-0.1, -0.05) is 0 Å². The molecular weight excluding hydrogens is 222 g/mol. The Labute approximate surface area is 98.6 Å². The van der Waals surface area contributed by atoms with Crippen molar-refractivity contribution in [3.63, 3.8) is 0 Å². The molecule has 0 heterocycles. The van der Waals surface area contributed by atoms with Gasteiger partial charge in [-0.2, -0.15) is 0 Å². The number of anilines is 1. The Morgan fingerprint density at radius 3 is 2.24 bits per heavy atom. The lowest BCUT2D eigenvalue weighted by atomic mass is 10.2. The summed E-state index contributed by atoms with van der Waals surface area (Å²) >= 11 is 0. The van der Waals surface area contributed by atoms with Gasteiger partial charge in [0, 0.05) is 24.4 Å². The molecule has 1 aromatic rings. The fourth-order valence-corrected chi connectivity index (χ4v) is 1.30. The van der Waals surface area contributed by atoms with E-state index < -0.39 is 11.9 Å². The maximum atomic E-state index is 11.8. The maximum absolute atomic E-state index is 11.8. The van der Waals surface area contributed by atoms with Gasteiger partial charge in [-0.3, -0.25) is 4.79 Å². The maximum Gasteiger partial charge on any atom is 0.328 e. The Morgan fingerprint density at radius 2 is 1.76 bits per heavy atom. The van der Waals surface area contributed by atoms with Gasteiger partial charge < -0.3 is 15.1 Å². The van der Waals surface area contributed by atoms with Crippen LogP contribution in [0.5, 0.6) is 5.75 Å². The zero-order chi connectivity index (χ0) is 13.0. The van der Waals surface area contributed by atoms with Gasteiger partial charge in [0.05, 0.1) is 0 Å². The number of aromatic hydroxyl groups is 1. The zero-order valence-corrected chi connectivity index (χ0v) is 9.54. The molecule has 0 saturated heterocycles. The van der Waals surface area contributed by atoms with Gasteiger partial charge >= 0.3 is 5.97 Å². The number of phenols is 1.